The second-order valence-electron chi connectivity index (χ2n) is 5.40. The highest BCUT2D eigenvalue weighted by Gasteiger charge is 2.22. The van der Waals surface area contributed by atoms with Crippen molar-refractivity contribution in [2.24, 2.45) is 5.73 Å². The molecule has 0 amide bonds. The zero-order chi connectivity index (χ0) is 14.7. The first-order valence-electron chi connectivity index (χ1n) is 6.88. The molecule has 1 aromatic rings. The molecule has 0 spiro atoms. The normalized spacial score (nSPS) is 23.6. The molecule has 1 saturated heterocycles. The van der Waals surface area contributed by atoms with E-state index in [1.807, 2.05) is 18.2 Å². The molecule has 0 bridgehead atoms. The Morgan fingerprint density at radius 2 is 2.05 bits per heavy atom. The SMILES string of the molecule is COc1cc(CN2CC(C)OC(C)C2)ccc1C(=N)N. The van der Waals surface area contributed by atoms with Crippen molar-refractivity contribution in [1.29, 1.82) is 5.41 Å². The van der Waals surface area contributed by atoms with Gasteiger partial charge in [0.15, 0.2) is 0 Å². The standard InChI is InChI=1S/C15H23N3O2/c1-10-7-18(8-11(2)20-10)9-12-4-5-13(15(16)17)14(6-12)19-3/h4-6,10-11H,7-9H2,1-3H3,(H3,16,17). The highest BCUT2D eigenvalue weighted by Crippen LogP contribution is 2.22. The Morgan fingerprint density at radius 1 is 1.40 bits per heavy atom. The van der Waals surface area contributed by atoms with Crippen LogP contribution in [-0.2, 0) is 11.3 Å². The van der Waals surface area contributed by atoms with Gasteiger partial charge < -0.3 is 15.2 Å². The molecule has 1 aromatic carbocycles. The lowest BCUT2D eigenvalue weighted by Gasteiger charge is -2.35. The Balaban J connectivity index is 2.11. The summed E-state index contributed by atoms with van der Waals surface area (Å²) in [6.45, 7) is 6.92. The maximum Gasteiger partial charge on any atom is 0.130 e. The van der Waals surface area contributed by atoms with Crippen molar-refractivity contribution in [3.8, 4) is 5.75 Å². The maximum absolute atomic E-state index is 7.53. The molecule has 1 heterocycles. The Bertz CT molecular complexity index is 480. The van der Waals surface area contributed by atoms with E-state index in [9.17, 15) is 0 Å². The van der Waals surface area contributed by atoms with Crippen LogP contribution in [0.1, 0.15) is 25.0 Å². The minimum atomic E-state index is 0.0296. The molecule has 3 N–H and O–H groups in total. The molecule has 0 aliphatic carbocycles. The number of hydrogen-bond donors (Lipinski definition) is 2. The number of benzene rings is 1. The Labute approximate surface area is 120 Å². The third-order valence-electron chi connectivity index (χ3n) is 3.46. The molecule has 110 valence electrons. The number of nitrogen functional groups attached to an aromatic ring is 1. The topological polar surface area (TPSA) is 71.6 Å². The molecule has 20 heavy (non-hydrogen) atoms. The molecule has 0 radical (unpaired) electrons. The van der Waals surface area contributed by atoms with Crippen LogP contribution in [-0.4, -0.2) is 43.1 Å². The quantitative estimate of drug-likeness (QED) is 0.647. The fraction of sp³-hybridized carbons (Fsp3) is 0.533. The van der Waals surface area contributed by atoms with E-state index in [0.29, 0.717) is 11.3 Å². The molecule has 0 saturated carbocycles. The third-order valence-corrected chi connectivity index (χ3v) is 3.46. The van der Waals surface area contributed by atoms with Crippen LogP contribution in [0.3, 0.4) is 0 Å². The van der Waals surface area contributed by atoms with Gasteiger partial charge in [-0.2, -0.15) is 0 Å². The monoisotopic (exact) mass is 277 g/mol. The average Bonchev–Trinajstić information content (AvgIpc) is 2.37. The van der Waals surface area contributed by atoms with Gasteiger partial charge >= 0.3 is 0 Å². The molecule has 5 nitrogen and oxygen atoms in total. The second kappa shape index (κ2) is 6.24. The fourth-order valence-corrected chi connectivity index (χ4v) is 2.73. The summed E-state index contributed by atoms with van der Waals surface area (Å²) >= 11 is 0. The number of ether oxygens (including phenoxy) is 2. The number of methoxy groups -OCH3 is 1. The van der Waals surface area contributed by atoms with Crippen LogP contribution in [0.5, 0.6) is 5.75 Å². The minimum absolute atomic E-state index is 0.0296. The Hall–Kier alpha value is -1.59. The van der Waals surface area contributed by atoms with Gasteiger partial charge in [-0.3, -0.25) is 10.3 Å². The summed E-state index contributed by atoms with van der Waals surface area (Å²) in [5.41, 5.74) is 7.34. The predicted octanol–water partition coefficient (Wildman–Crippen LogP) is 1.59. The van der Waals surface area contributed by atoms with Crippen molar-refractivity contribution < 1.29 is 9.47 Å². The summed E-state index contributed by atoms with van der Waals surface area (Å²) in [5.74, 6) is 0.686. The average molecular weight is 277 g/mol. The lowest BCUT2D eigenvalue weighted by molar-refractivity contribution is -0.0704. The van der Waals surface area contributed by atoms with E-state index >= 15 is 0 Å². The van der Waals surface area contributed by atoms with Crippen LogP contribution in [0.15, 0.2) is 18.2 Å². The zero-order valence-corrected chi connectivity index (χ0v) is 12.3. The summed E-state index contributed by atoms with van der Waals surface area (Å²) in [4.78, 5) is 2.38. The van der Waals surface area contributed by atoms with E-state index in [2.05, 4.69) is 18.7 Å². The van der Waals surface area contributed by atoms with Gasteiger partial charge in [0.05, 0.1) is 24.9 Å². The third kappa shape index (κ3) is 3.49. The number of nitrogens with one attached hydrogen (secondary N) is 1. The summed E-state index contributed by atoms with van der Waals surface area (Å²) < 4.78 is 11.1. The van der Waals surface area contributed by atoms with E-state index in [1.165, 1.54) is 0 Å². The van der Waals surface area contributed by atoms with Crippen molar-refractivity contribution in [2.75, 3.05) is 20.2 Å². The zero-order valence-electron chi connectivity index (χ0n) is 12.3. The largest absolute Gasteiger partial charge is 0.496 e. The number of rotatable bonds is 4. The fourth-order valence-electron chi connectivity index (χ4n) is 2.73. The Kier molecular flexibility index (Phi) is 4.62. The van der Waals surface area contributed by atoms with Gasteiger partial charge in [0, 0.05) is 19.6 Å². The first-order valence-corrected chi connectivity index (χ1v) is 6.88. The summed E-state index contributed by atoms with van der Waals surface area (Å²) in [7, 11) is 1.60. The summed E-state index contributed by atoms with van der Waals surface area (Å²) in [5, 5.41) is 7.53. The van der Waals surface area contributed by atoms with Crippen molar-refractivity contribution in [3.05, 3.63) is 29.3 Å². The van der Waals surface area contributed by atoms with Crippen molar-refractivity contribution in [3.63, 3.8) is 0 Å². The molecule has 1 aliphatic heterocycles. The van der Waals surface area contributed by atoms with E-state index in [0.717, 1.165) is 25.2 Å². The van der Waals surface area contributed by atoms with Gasteiger partial charge in [-0.25, -0.2) is 0 Å². The van der Waals surface area contributed by atoms with E-state index < -0.39 is 0 Å². The van der Waals surface area contributed by atoms with Crippen LogP contribution in [0.2, 0.25) is 0 Å². The molecule has 0 aromatic heterocycles. The lowest BCUT2D eigenvalue weighted by Crippen LogP contribution is -2.44. The second-order valence-corrected chi connectivity index (χ2v) is 5.40. The highest BCUT2D eigenvalue weighted by molar-refractivity contribution is 5.97. The van der Waals surface area contributed by atoms with Crippen molar-refractivity contribution in [2.45, 2.75) is 32.6 Å². The number of hydrogen-bond acceptors (Lipinski definition) is 4. The maximum atomic E-state index is 7.53. The molecule has 1 fully saturated rings. The Morgan fingerprint density at radius 3 is 2.60 bits per heavy atom. The first-order chi connectivity index (χ1) is 9.49. The van der Waals surface area contributed by atoms with Crippen LogP contribution >= 0.6 is 0 Å². The summed E-state index contributed by atoms with van der Waals surface area (Å²) in [6.07, 6.45) is 0.522. The van der Waals surface area contributed by atoms with Crippen LogP contribution in [0, 0.1) is 5.41 Å². The molecule has 2 unspecified atom stereocenters. The van der Waals surface area contributed by atoms with Crippen molar-refractivity contribution >= 4 is 5.84 Å². The highest BCUT2D eigenvalue weighted by atomic mass is 16.5. The molecule has 2 atom stereocenters. The van der Waals surface area contributed by atoms with E-state index in [-0.39, 0.29) is 18.0 Å². The van der Waals surface area contributed by atoms with E-state index in [1.54, 1.807) is 7.11 Å². The van der Waals surface area contributed by atoms with Gasteiger partial charge in [0.2, 0.25) is 0 Å². The summed E-state index contributed by atoms with van der Waals surface area (Å²) in [6, 6.07) is 5.81. The molecule has 2 rings (SSSR count). The number of amidine groups is 1. The number of nitrogens with two attached hydrogens (primary N) is 1. The number of morpholine rings is 1. The molecule has 1 aliphatic rings. The van der Waals surface area contributed by atoms with Crippen LogP contribution in [0.25, 0.3) is 0 Å². The van der Waals surface area contributed by atoms with E-state index in [4.69, 9.17) is 20.6 Å². The number of nitrogens with zero attached hydrogens (tertiary/aromatic N) is 1. The van der Waals surface area contributed by atoms with Gasteiger partial charge in [-0.15, -0.1) is 0 Å². The van der Waals surface area contributed by atoms with Crippen molar-refractivity contribution in [1.82, 2.24) is 4.90 Å². The van der Waals surface area contributed by atoms with Gasteiger partial charge in [-0.1, -0.05) is 6.07 Å². The molecular weight excluding hydrogens is 254 g/mol. The van der Waals surface area contributed by atoms with Gasteiger partial charge in [-0.05, 0) is 31.5 Å². The van der Waals surface area contributed by atoms with Crippen LogP contribution < -0.4 is 10.5 Å². The lowest BCUT2D eigenvalue weighted by atomic mass is 10.1. The van der Waals surface area contributed by atoms with Gasteiger partial charge in [0.25, 0.3) is 0 Å². The van der Waals surface area contributed by atoms with Crippen LogP contribution in [0.4, 0.5) is 0 Å². The predicted molar refractivity (Wildman–Crippen MR) is 79.3 cm³/mol. The smallest absolute Gasteiger partial charge is 0.130 e. The molecular formula is C15H23N3O2. The molecule has 5 heteroatoms. The first kappa shape index (κ1) is 14.8. The van der Waals surface area contributed by atoms with Gasteiger partial charge in [0.1, 0.15) is 11.6 Å². The minimum Gasteiger partial charge on any atom is -0.496 e.